The highest BCUT2D eigenvalue weighted by atomic mass is 16.6. The molecule has 2 aliphatic heterocycles. The Morgan fingerprint density at radius 3 is 2.79 bits per heavy atom. The zero-order valence-corrected chi connectivity index (χ0v) is 17.2. The van der Waals surface area contributed by atoms with E-state index >= 15 is 0 Å². The second kappa shape index (κ2) is 5.11. The van der Waals surface area contributed by atoms with Gasteiger partial charge in [-0.15, -0.1) is 0 Å². The topological polar surface area (TPSA) is 48.0 Å². The molecule has 6 atom stereocenters. The Kier molecular flexibility index (Phi) is 3.16. The van der Waals surface area contributed by atoms with Crippen molar-refractivity contribution in [3.63, 3.8) is 0 Å². The molecule has 150 valence electrons. The number of carbonyl (C=O) groups excluding carboxylic acids is 1. The Hall–Kier alpha value is -1.59. The summed E-state index contributed by atoms with van der Waals surface area (Å²) >= 11 is 0. The van der Waals surface area contributed by atoms with E-state index in [2.05, 4.69) is 24.1 Å². The van der Waals surface area contributed by atoms with Crippen LogP contribution in [0.4, 0.5) is 0 Å². The van der Waals surface area contributed by atoms with E-state index in [0.717, 1.165) is 50.1 Å². The Labute approximate surface area is 166 Å². The highest BCUT2D eigenvalue weighted by Crippen LogP contribution is 2.76. The third-order valence-electron chi connectivity index (χ3n) is 9.32. The number of methoxy groups -OCH3 is 2. The molecule has 3 saturated carbocycles. The minimum atomic E-state index is -0.535. The van der Waals surface area contributed by atoms with Gasteiger partial charge in [-0.1, -0.05) is 6.07 Å². The minimum Gasteiger partial charge on any atom is -0.493 e. The maximum absolute atomic E-state index is 12.8. The number of piperidine rings is 1. The van der Waals surface area contributed by atoms with Crippen molar-refractivity contribution < 1.29 is 19.0 Å². The van der Waals surface area contributed by atoms with Crippen LogP contribution >= 0.6 is 0 Å². The second-order valence-electron chi connectivity index (χ2n) is 9.73. The fourth-order valence-corrected chi connectivity index (χ4v) is 8.30. The molecule has 6 aliphatic rings. The summed E-state index contributed by atoms with van der Waals surface area (Å²) in [6.45, 7) is 2.80. The van der Waals surface area contributed by atoms with Gasteiger partial charge in [0.1, 0.15) is 17.5 Å². The van der Waals surface area contributed by atoms with Crippen molar-refractivity contribution in [2.45, 2.75) is 62.2 Å². The van der Waals surface area contributed by atoms with E-state index in [0.29, 0.717) is 6.04 Å². The van der Waals surface area contributed by atoms with E-state index in [4.69, 9.17) is 14.2 Å². The lowest BCUT2D eigenvalue weighted by Gasteiger charge is -2.73. The van der Waals surface area contributed by atoms with Gasteiger partial charge in [0.15, 0.2) is 11.5 Å². The second-order valence-corrected chi connectivity index (χ2v) is 9.73. The first-order valence-electron chi connectivity index (χ1n) is 10.6. The summed E-state index contributed by atoms with van der Waals surface area (Å²) in [5.41, 5.74) is 2.25. The molecule has 0 N–H and O–H groups in total. The molecule has 7 rings (SSSR count). The molecule has 1 saturated heterocycles. The Bertz CT molecular complexity index is 899. The predicted octanol–water partition coefficient (Wildman–Crippen LogP) is 2.73. The third-order valence-corrected chi connectivity index (χ3v) is 9.32. The van der Waals surface area contributed by atoms with E-state index in [1.54, 1.807) is 21.1 Å². The number of fused-ring (bicyclic) bond motifs is 2. The first-order chi connectivity index (χ1) is 13.4. The van der Waals surface area contributed by atoms with E-state index in [1.165, 1.54) is 11.1 Å². The molecule has 2 heterocycles. The van der Waals surface area contributed by atoms with Gasteiger partial charge in [0.25, 0.3) is 0 Å². The van der Waals surface area contributed by atoms with Crippen molar-refractivity contribution in [1.82, 2.24) is 4.90 Å². The summed E-state index contributed by atoms with van der Waals surface area (Å²) in [5, 5.41) is 0. The molecule has 4 bridgehead atoms. The zero-order chi connectivity index (χ0) is 19.5. The first kappa shape index (κ1) is 17.3. The van der Waals surface area contributed by atoms with Crippen LogP contribution in [0.2, 0.25) is 0 Å². The average Bonchev–Trinajstić information content (AvgIpc) is 3.07. The number of rotatable bonds is 3. The van der Waals surface area contributed by atoms with Crippen molar-refractivity contribution in [3.05, 3.63) is 23.3 Å². The molecule has 1 aromatic rings. The fraction of sp³-hybridized carbons (Fsp3) is 0.696. The largest absolute Gasteiger partial charge is 0.493 e. The van der Waals surface area contributed by atoms with Gasteiger partial charge in [0, 0.05) is 29.5 Å². The van der Waals surface area contributed by atoms with Gasteiger partial charge in [-0.25, -0.2) is 0 Å². The van der Waals surface area contributed by atoms with Gasteiger partial charge < -0.3 is 19.1 Å². The molecular formula is C23H29NO4. The monoisotopic (exact) mass is 383 g/mol. The van der Waals surface area contributed by atoms with E-state index in [-0.39, 0.29) is 28.6 Å². The number of ether oxygens (including phenoxy) is 3. The van der Waals surface area contributed by atoms with Crippen LogP contribution in [0.3, 0.4) is 0 Å². The van der Waals surface area contributed by atoms with Gasteiger partial charge in [0.2, 0.25) is 0 Å². The number of likely N-dealkylation sites (tertiary alicyclic amines) is 1. The number of ketones is 1. The quantitative estimate of drug-likeness (QED) is 0.803. The summed E-state index contributed by atoms with van der Waals surface area (Å²) in [4.78, 5) is 15.4. The number of Topliss-reactive ketones (excluding diaryl/α,β-unsaturated/α-hetero) is 1. The fourth-order valence-electron chi connectivity index (χ4n) is 8.30. The molecule has 0 aromatic heterocycles. The summed E-state index contributed by atoms with van der Waals surface area (Å²) in [7, 11) is 5.77. The lowest BCUT2D eigenvalue weighted by atomic mass is 9.34. The molecule has 2 spiro atoms. The lowest BCUT2D eigenvalue weighted by molar-refractivity contribution is -0.270. The normalized spacial score (nSPS) is 44.8. The molecule has 4 fully saturated rings. The SMILES string of the molecule is COc1ccc2c3c1O[C@H]1[C@@]4(OC)CC[C@]5(C[C@@H]4C(C)=O)[C@@H](C2)N(C)CC[C@]315. The van der Waals surface area contributed by atoms with Crippen LogP contribution < -0.4 is 9.47 Å². The van der Waals surface area contributed by atoms with E-state index in [1.807, 2.05) is 0 Å². The Morgan fingerprint density at radius 1 is 1.25 bits per heavy atom. The van der Waals surface area contributed by atoms with Crippen molar-refractivity contribution in [2.75, 3.05) is 27.8 Å². The zero-order valence-electron chi connectivity index (χ0n) is 17.2. The first-order valence-corrected chi connectivity index (χ1v) is 10.6. The van der Waals surface area contributed by atoms with E-state index < -0.39 is 5.60 Å². The Balaban J connectivity index is 1.69. The molecule has 5 nitrogen and oxygen atoms in total. The molecule has 1 aromatic carbocycles. The van der Waals surface area contributed by atoms with Crippen LogP contribution in [0.15, 0.2) is 12.1 Å². The third kappa shape index (κ3) is 1.53. The number of hydrogen-bond donors (Lipinski definition) is 0. The smallest absolute Gasteiger partial charge is 0.165 e. The number of hydrogen-bond acceptors (Lipinski definition) is 5. The number of benzene rings is 1. The van der Waals surface area contributed by atoms with Crippen LogP contribution in [0.5, 0.6) is 11.5 Å². The van der Waals surface area contributed by atoms with Gasteiger partial charge in [-0.3, -0.25) is 4.79 Å². The maximum Gasteiger partial charge on any atom is 0.165 e. The molecule has 4 aliphatic carbocycles. The number of carbonyl (C=O) groups is 1. The summed E-state index contributed by atoms with van der Waals surface area (Å²) < 4.78 is 18.8. The summed E-state index contributed by atoms with van der Waals surface area (Å²) in [6.07, 6.45) is 4.91. The molecular weight excluding hydrogens is 354 g/mol. The molecule has 0 unspecified atom stereocenters. The summed E-state index contributed by atoms with van der Waals surface area (Å²) in [5.74, 6) is 1.89. The van der Waals surface area contributed by atoms with Gasteiger partial charge >= 0.3 is 0 Å². The van der Waals surface area contributed by atoms with Crippen LogP contribution in [-0.2, 0) is 21.4 Å². The standard InChI is InChI=1S/C23H29NO4/c1-13(25)15-12-21-7-8-23(15,27-4)20-22(21)9-10-24(2)17(21)11-14-5-6-16(26-3)19(28-20)18(14)22/h5-6,15,17,20H,7-12H2,1-4H3/t15-,17-,20-,21+,22+,23-/m1/s1. The number of likely N-dealkylation sites (N-methyl/N-ethyl adjacent to an activating group) is 1. The van der Waals surface area contributed by atoms with Crippen LogP contribution in [0, 0.1) is 11.3 Å². The molecule has 5 heteroatoms. The van der Waals surface area contributed by atoms with Gasteiger partial charge in [-0.05, 0) is 64.3 Å². The highest BCUT2D eigenvalue weighted by molar-refractivity contribution is 5.81. The van der Waals surface area contributed by atoms with Crippen molar-refractivity contribution in [3.8, 4) is 11.5 Å². The number of nitrogens with zero attached hydrogens (tertiary/aromatic N) is 1. The van der Waals surface area contributed by atoms with Crippen LogP contribution in [0.1, 0.15) is 43.7 Å². The van der Waals surface area contributed by atoms with E-state index in [9.17, 15) is 4.79 Å². The average molecular weight is 383 g/mol. The van der Waals surface area contributed by atoms with Crippen LogP contribution in [0.25, 0.3) is 0 Å². The summed E-state index contributed by atoms with van der Waals surface area (Å²) in [6, 6.07) is 4.75. The van der Waals surface area contributed by atoms with Crippen molar-refractivity contribution >= 4 is 5.78 Å². The van der Waals surface area contributed by atoms with Crippen molar-refractivity contribution in [1.29, 1.82) is 0 Å². The Morgan fingerprint density at radius 2 is 2.07 bits per heavy atom. The highest BCUT2D eigenvalue weighted by Gasteiger charge is 2.80. The molecule has 0 radical (unpaired) electrons. The molecule has 28 heavy (non-hydrogen) atoms. The van der Waals surface area contributed by atoms with Gasteiger partial charge in [0.05, 0.1) is 13.0 Å². The van der Waals surface area contributed by atoms with Crippen LogP contribution in [-0.4, -0.2) is 56.2 Å². The molecule has 0 amide bonds. The maximum atomic E-state index is 12.8. The van der Waals surface area contributed by atoms with Crippen molar-refractivity contribution in [2.24, 2.45) is 11.3 Å². The van der Waals surface area contributed by atoms with Gasteiger partial charge in [-0.2, -0.15) is 0 Å². The lowest BCUT2D eigenvalue weighted by Crippen LogP contribution is -2.81. The minimum absolute atomic E-state index is 0.0676. The predicted molar refractivity (Wildman–Crippen MR) is 104 cm³/mol.